The van der Waals surface area contributed by atoms with E-state index >= 15 is 0 Å². The highest BCUT2D eigenvalue weighted by Gasteiger charge is 2.16. The minimum atomic E-state index is -3.88. The fourth-order valence-electron chi connectivity index (χ4n) is 2.20. The van der Waals surface area contributed by atoms with Crippen molar-refractivity contribution in [1.82, 2.24) is 4.72 Å². The summed E-state index contributed by atoms with van der Waals surface area (Å²) < 4.78 is 26.8. The third-order valence-corrected chi connectivity index (χ3v) is 4.99. The lowest BCUT2D eigenvalue weighted by Gasteiger charge is -2.09. The fourth-order valence-corrected chi connectivity index (χ4v) is 3.23. The third-order valence-electron chi connectivity index (χ3n) is 3.59. The Balaban J connectivity index is 2.02. The van der Waals surface area contributed by atoms with E-state index in [4.69, 9.17) is 0 Å². The number of carbonyl (C=O) groups excluding carboxylic acids is 2. The first-order chi connectivity index (χ1) is 11.8. The van der Waals surface area contributed by atoms with Crippen LogP contribution in [-0.4, -0.2) is 26.7 Å². The predicted octanol–water partition coefficient (Wildman–Crippen LogP) is 2.37. The summed E-state index contributed by atoms with van der Waals surface area (Å²) in [6.45, 7) is 2.96. The molecule has 7 heteroatoms. The van der Waals surface area contributed by atoms with Gasteiger partial charge in [0, 0.05) is 11.3 Å². The van der Waals surface area contributed by atoms with Crippen LogP contribution in [0, 0.1) is 0 Å². The van der Waals surface area contributed by atoms with Gasteiger partial charge in [-0.05, 0) is 43.2 Å². The first-order valence-electron chi connectivity index (χ1n) is 7.81. The van der Waals surface area contributed by atoms with E-state index in [1.54, 1.807) is 6.07 Å². The summed E-state index contributed by atoms with van der Waals surface area (Å²) >= 11 is 0. The number of nitrogens with one attached hydrogen (secondary N) is 2. The standard InChI is InChI=1S/C18H20N2O4S/c1-3-14-6-4-8-16(10-14)20-18(22)12-19-25(23,24)17-9-5-7-15(11-17)13(2)21/h4-11,19H,3,12H2,1-2H3,(H,20,22). The van der Waals surface area contributed by atoms with Crippen LogP contribution in [0.5, 0.6) is 0 Å². The molecular weight excluding hydrogens is 340 g/mol. The molecule has 25 heavy (non-hydrogen) atoms. The van der Waals surface area contributed by atoms with Gasteiger partial charge in [-0.15, -0.1) is 0 Å². The molecule has 0 heterocycles. The van der Waals surface area contributed by atoms with Gasteiger partial charge < -0.3 is 5.32 Å². The highest BCUT2D eigenvalue weighted by molar-refractivity contribution is 7.89. The van der Waals surface area contributed by atoms with Crippen LogP contribution in [0.2, 0.25) is 0 Å². The fraction of sp³-hybridized carbons (Fsp3) is 0.222. The molecule has 0 saturated heterocycles. The lowest BCUT2D eigenvalue weighted by atomic mass is 10.1. The Hall–Kier alpha value is -2.51. The Bertz CT molecular complexity index is 891. The van der Waals surface area contributed by atoms with Crippen LogP contribution in [0.4, 0.5) is 5.69 Å². The van der Waals surface area contributed by atoms with Crippen LogP contribution >= 0.6 is 0 Å². The minimum Gasteiger partial charge on any atom is -0.325 e. The van der Waals surface area contributed by atoms with Gasteiger partial charge >= 0.3 is 0 Å². The van der Waals surface area contributed by atoms with E-state index in [2.05, 4.69) is 10.0 Å². The van der Waals surface area contributed by atoms with Gasteiger partial charge in [0.1, 0.15) is 0 Å². The summed E-state index contributed by atoms with van der Waals surface area (Å²) in [4.78, 5) is 23.3. The van der Waals surface area contributed by atoms with Crippen molar-refractivity contribution in [3.8, 4) is 0 Å². The number of rotatable bonds is 7. The molecule has 132 valence electrons. The van der Waals surface area contributed by atoms with Crippen molar-refractivity contribution in [3.63, 3.8) is 0 Å². The van der Waals surface area contributed by atoms with Gasteiger partial charge in [-0.25, -0.2) is 13.1 Å². The number of benzene rings is 2. The normalized spacial score (nSPS) is 11.1. The van der Waals surface area contributed by atoms with E-state index in [9.17, 15) is 18.0 Å². The van der Waals surface area contributed by atoms with Crippen molar-refractivity contribution in [2.75, 3.05) is 11.9 Å². The Morgan fingerprint density at radius 2 is 1.76 bits per heavy atom. The van der Waals surface area contributed by atoms with Gasteiger partial charge in [0.2, 0.25) is 15.9 Å². The second-order valence-corrected chi connectivity index (χ2v) is 7.28. The second-order valence-electron chi connectivity index (χ2n) is 5.51. The lowest BCUT2D eigenvalue weighted by Crippen LogP contribution is -2.33. The van der Waals surface area contributed by atoms with Crippen LogP contribution in [0.25, 0.3) is 0 Å². The van der Waals surface area contributed by atoms with E-state index in [0.29, 0.717) is 11.3 Å². The SMILES string of the molecule is CCc1cccc(NC(=O)CNS(=O)(=O)c2cccc(C(C)=O)c2)c1. The van der Waals surface area contributed by atoms with Crippen LogP contribution in [0.15, 0.2) is 53.4 Å². The highest BCUT2D eigenvalue weighted by atomic mass is 32.2. The molecule has 0 aromatic heterocycles. The molecule has 0 spiro atoms. The molecule has 1 amide bonds. The maximum absolute atomic E-state index is 12.3. The number of Topliss-reactive ketones (excluding diaryl/α,β-unsaturated/α-hetero) is 1. The Labute approximate surface area is 147 Å². The number of amides is 1. The molecule has 2 aromatic rings. The molecule has 0 unspecified atom stereocenters. The number of sulfonamides is 1. The van der Waals surface area contributed by atoms with Crippen molar-refractivity contribution in [2.45, 2.75) is 25.2 Å². The number of hydrogen-bond donors (Lipinski definition) is 2. The number of carbonyl (C=O) groups is 2. The van der Waals surface area contributed by atoms with E-state index in [0.717, 1.165) is 12.0 Å². The summed E-state index contributed by atoms with van der Waals surface area (Å²) in [7, 11) is -3.88. The zero-order valence-electron chi connectivity index (χ0n) is 14.1. The number of aryl methyl sites for hydroxylation is 1. The molecule has 0 saturated carbocycles. The van der Waals surface area contributed by atoms with Crippen LogP contribution in [-0.2, 0) is 21.2 Å². The molecule has 2 N–H and O–H groups in total. The van der Waals surface area contributed by atoms with E-state index in [-0.39, 0.29) is 10.7 Å². The van der Waals surface area contributed by atoms with Gasteiger partial charge in [-0.2, -0.15) is 0 Å². The van der Waals surface area contributed by atoms with Crippen LogP contribution in [0.1, 0.15) is 29.8 Å². The maximum Gasteiger partial charge on any atom is 0.241 e. The highest BCUT2D eigenvalue weighted by Crippen LogP contribution is 2.13. The Morgan fingerprint density at radius 1 is 1.04 bits per heavy atom. The summed E-state index contributed by atoms with van der Waals surface area (Å²) in [5.74, 6) is -0.704. The molecular formula is C18H20N2O4S. The molecule has 0 aliphatic rings. The molecule has 2 aromatic carbocycles. The number of anilines is 1. The molecule has 0 radical (unpaired) electrons. The van der Waals surface area contributed by atoms with Crippen molar-refractivity contribution in [3.05, 3.63) is 59.7 Å². The molecule has 0 aliphatic carbocycles. The van der Waals surface area contributed by atoms with Crippen molar-refractivity contribution >= 4 is 27.4 Å². The zero-order valence-corrected chi connectivity index (χ0v) is 14.9. The van der Waals surface area contributed by atoms with Crippen molar-refractivity contribution < 1.29 is 18.0 Å². The van der Waals surface area contributed by atoms with Gasteiger partial charge in [0.25, 0.3) is 0 Å². The van der Waals surface area contributed by atoms with Crippen molar-refractivity contribution in [2.24, 2.45) is 0 Å². The second kappa shape index (κ2) is 8.04. The van der Waals surface area contributed by atoms with Crippen LogP contribution in [0.3, 0.4) is 0 Å². The predicted molar refractivity (Wildman–Crippen MR) is 96.1 cm³/mol. The number of hydrogen-bond acceptors (Lipinski definition) is 4. The van der Waals surface area contributed by atoms with E-state index in [1.165, 1.54) is 31.2 Å². The largest absolute Gasteiger partial charge is 0.325 e. The topological polar surface area (TPSA) is 92.3 Å². The Kier molecular flexibility index (Phi) is 6.06. The number of ketones is 1. The molecule has 0 bridgehead atoms. The average molecular weight is 360 g/mol. The first-order valence-corrected chi connectivity index (χ1v) is 9.29. The quantitative estimate of drug-likeness (QED) is 0.742. The van der Waals surface area contributed by atoms with Gasteiger partial charge in [-0.3, -0.25) is 9.59 Å². The molecule has 2 rings (SSSR count). The van der Waals surface area contributed by atoms with Crippen LogP contribution < -0.4 is 10.0 Å². The summed E-state index contributed by atoms with van der Waals surface area (Å²) in [5, 5.41) is 2.65. The van der Waals surface area contributed by atoms with Gasteiger partial charge in [0.15, 0.2) is 5.78 Å². The lowest BCUT2D eigenvalue weighted by molar-refractivity contribution is -0.115. The van der Waals surface area contributed by atoms with Gasteiger partial charge in [-0.1, -0.05) is 31.2 Å². The van der Waals surface area contributed by atoms with Crippen molar-refractivity contribution in [1.29, 1.82) is 0 Å². The molecule has 0 atom stereocenters. The van der Waals surface area contributed by atoms with Gasteiger partial charge in [0.05, 0.1) is 11.4 Å². The first kappa shape index (κ1) is 18.8. The summed E-state index contributed by atoms with van der Waals surface area (Å²) in [6.07, 6.45) is 0.836. The average Bonchev–Trinajstić information content (AvgIpc) is 2.60. The third kappa shape index (κ3) is 5.23. The summed E-state index contributed by atoms with van der Waals surface area (Å²) in [5.41, 5.74) is 1.98. The zero-order chi connectivity index (χ0) is 18.4. The minimum absolute atomic E-state index is 0.0546. The molecule has 6 nitrogen and oxygen atoms in total. The molecule has 0 fully saturated rings. The van der Waals surface area contributed by atoms with E-state index in [1.807, 2.05) is 25.1 Å². The Morgan fingerprint density at radius 3 is 2.44 bits per heavy atom. The smallest absolute Gasteiger partial charge is 0.241 e. The van der Waals surface area contributed by atoms with E-state index < -0.39 is 22.5 Å². The molecule has 0 aliphatic heterocycles. The monoisotopic (exact) mass is 360 g/mol. The summed E-state index contributed by atoms with van der Waals surface area (Å²) in [6, 6.07) is 13.0. The maximum atomic E-state index is 12.3.